The second-order valence-corrected chi connectivity index (χ2v) is 5.52. The van der Waals surface area contributed by atoms with Crippen LogP contribution in [0.1, 0.15) is 38.1 Å². The van der Waals surface area contributed by atoms with Gasteiger partial charge in [-0.2, -0.15) is 0 Å². The quantitative estimate of drug-likeness (QED) is 0.789. The van der Waals surface area contributed by atoms with E-state index in [1.807, 2.05) is 11.3 Å². The SMILES string of the molecule is COCCC(NC(C)c1cccs1)C(C)C. The molecule has 0 aliphatic rings. The Kier molecular flexibility index (Phi) is 6.03. The highest BCUT2D eigenvalue weighted by atomic mass is 32.1. The van der Waals surface area contributed by atoms with E-state index in [1.165, 1.54) is 4.88 Å². The van der Waals surface area contributed by atoms with E-state index < -0.39 is 0 Å². The number of ether oxygens (including phenoxy) is 1. The molecule has 2 unspecified atom stereocenters. The molecule has 3 heteroatoms. The van der Waals surface area contributed by atoms with E-state index in [-0.39, 0.29) is 0 Å². The summed E-state index contributed by atoms with van der Waals surface area (Å²) < 4.78 is 5.16. The molecule has 1 aromatic heterocycles. The third-order valence-electron chi connectivity index (χ3n) is 2.87. The van der Waals surface area contributed by atoms with Crippen LogP contribution in [0.3, 0.4) is 0 Å². The predicted octanol–water partition coefficient (Wildman–Crippen LogP) is 3.46. The molecule has 1 N–H and O–H groups in total. The fourth-order valence-corrected chi connectivity index (χ4v) is 2.54. The van der Waals surface area contributed by atoms with Gasteiger partial charge < -0.3 is 10.1 Å². The van der Waals surface area contributed by atoms with Crippen LogP contribution in [-0.2, 0) is 4.74 Å². The van der Waals surface area contributed by atoms with E-state index in [2.05, 4.69) is 43.6 Å². The molecule has 0 saturated heterocycles. The molecule has 92 valence electrons. The summed E-state index contributed by atoms with van der Waals surface area (Å²) in [7, 11) is 1.76. The lowest BCUT2D eigenvalue weighted by molar-refractivity contribution is 0.171. The van der Waals surface area contributed by atoms with Crippen LogP contribution in [0.15, 0.2) is 17.5 Å². The first-order chi connectivity index (χ1) is 7.65. The first-order valence-electron chi connectivity index (χ1n) is 5.93. The summed E-state index contributed by atoms with van der Waals surface area (Å²) in [4.78, 5) is 1.41. The van der Waals surface area contributed by atoms with Gasteiger partial charge in [-0.15, -0.1) is 11.3 Å². The minimum atomic E-state index is 0.434. The molecule has 0 aliphatic carbocycles. The van der Waals surface area contributed by atoms with Gasteiger partial charge in [0.25, 0.3) is 0 Å². The second kappa shape index (κ2) is 7.05. The normalized spacial score (nSPS) is 15.3. The van der Waals surface area contributed by atoms with Crippen LogP contribution in [0.25, 0.3) is 0 Å². The molecule has 16 heavy (non-hydrogen) atoms. The van der Waals surface area contributed by atoms with Crippen LogP contribution >= 0.6 is 11.3 Å². The van der Waals surface area contributed by atoms with Crippen molar-refractivity contribution < 1.29 is 4.74 Å². The summed E-state index contributed by atoms with van der Waals surface area (Å²) in [5.41, 5.74) is 0. The fourth-order valence-electron chi connectivity index (χ4n) is 1.79. The summed E-state index contributed by atoms with van der Waals surface area (Å²) in [6, 6.07) is 5.26. The van der Waals surface area contributed by atoms with Crippen molar-refractivity contribution in [1.82, 2.24) is 5.32 Å². The highest BCUT2D eigenvalue weighted by Crippen LogP contribution is 2.20. The number of rotatable bonds is 7. The summed E-state index contributed by atoms with van der Waals surface area (Å²) in [6.07, 6.45) is 1.07. The molecule has 0 bridgehead atoms. The Bertz CT molecular complexity index is 271. The number of hydrogen-bond donors (Lipinski definition) is 1. The molecule has 1 aromatic rings. The van der Waals surface area contributed by atoms with Gasteiger partial charge in [0.2, 0.25) is 0 Å². The smallest absolute Gasteiger partial charge is 0.0477 e. The zero-order chi connectivity index (χ0) is 12.0. The molecule has 0 spiro atoms. The summed E-state index contributed by atoms with van der Waals surface area (Å²) >= 11 is 1.81. The number of thiophene rings is 1. The van der Waals surface area contributed by atoms with Crippen molar-refractivity contribution in [1.29, 1.82) is 0 Å². The van der Waals surface area contributed by atoms with E-state index >= 15 is 0 Å². The monoisotopic (exact) mass is 241 g/mol. The molecule has 0 amide bonds. The third kappa shape index (κ3) is 4.24. The van der Waals surface area contributed by atoms with Crippen LogP contribution in [-0.4, -0.2) is 19.8 Å². The highest BCUT2D eigenvalue weighted by molar-refractivity contribution is 7.10. The van der Waals surface area contributed by atoms with E-state index in [0.717, 1.165) is 13.0 Å². The van der Waals surface area contributed by atoms with Gasteiger partial charge in [0, 0.05) is 30.7 Å². The number of methoxy groups -OCH3 is 1. The summed E-state index contributed by atoms with van der Waals surface area (Å²) in [5.74, 6) is 0.637. The number of hydrogen-bond acceptors (Lipinski definition) is 3. The molecule has 0 aromatic carbocycles. The zero-order valence-corrected chi connectivity index (χ0v) is 11.5. The van der Waals surface area contributed by atoms with Gasteiger partial charge in [0.15, 0.2) is 0 Å². The lowest BCUT2D eigenvalue weighted by atomic mass is 10.00. The van der Waals surface area contributed by atoms with Crippen molar-refractivity contribution in [3.05, 3.63) is 22.4 Å². The van der Waals surface area contributed by atoms with E-state index in [9.17, 15) is 0 Å². The van der Waals surface area contributed by atoms with Crippen molar-refractivity contribution in [3.63, 3.8) is 0 Å². The molecule has 1 rings (SSSR count). The maximum Gasteiger partial charge on any atom is 0.0477 e. The fraction of sp³-hybridized carbons (Fsp3) is 0.692. The molecule has 0 fully saturated rings. The van der Waals surface area contributed by atoms with E-state index in [1.54, 1.807) is 7.11 Å². The Labute approximate surface area is 103 Å². The van der Waals surface area contributed by atoms with Gasteiger partial charge in [-0.1, -0.05) is 19.9 Å². The Morgan fingerprint density at radius 3 is 2.62 bits per heavy atom. The van der Waals surface area contributed by atoms with Crippen LogP contribution in [0.4, 0.5) is 0 Å². The average Bonchev–Trinajstić information content (AvgIpc) is 2.76. The number of nitrogens with one attached hydrogen (secondary N) is 1. The van der Waals surface area contributed by atoms with Crippen molar-refractivity contribution >= 4 is 11.3 Å². The van der Waals surface area contributed by atoms with Crippen LogP contribution < -0.4 is 5.32 Å². The standard InChI is InChI=1S/C13H23NOS/c1-10(2)12(7-8-15-4)14-11(3)13-6-5-9-16-13/h5-6,9-12,14H,7-8H2,1-4H3. The minimum Gasteiger partial charge on any atom is -0.385 e. The maximum absolute atomic E-state index is 5.16. The van der Waals surface area contributed by atoms with E-state index in [4.69, 9.17) is 4.74 Å². The Hall–Kier alpha value is -0.380. The van der Waals surface area contributed by atoms with Gasteiger partial charge in [-0.05, 0) is 30.7 Å². The third-order valence-corrected chi connectivity index (χ3v) is 3.93. The average molecular weight is 241 g/mol. The predicted molar refractivity (Wildman–Crippen MR) is 71.0 cm³/mol. The molecule has 0 saturated carbocycles. The second-order valence-electron chi connectivity index (χ2n) is 4.54. The highest BCUT2D eigenvalue weighted by Gasteiger charge is 2.16. The Balaban J connectivity index is 2.47. The molecule has 2 nitrogen and oxygen atoms in total. The Morgan fingerprint density at radius 1 is 1.38 bits per heavy atom. The first-order valence-corrected chi connectivity index (χ1v) is 6.81. The van der Waals surface area contributed by atoms with Gasteiger partial charge in [0.1, 0.15) is 0 Å². The molecular formula is C13H23NOS. The molecular weight excluding hydrogens is 218 g/mol. The summed E-state index contributed by atoms with van der Waals surface area (Å²) in [5, 5.41) is 5.82. The maximum atomic E-state index is 5.16. The molecule has 0 aliphatic heterocycles. The minimum absolute atomic E-state index is 0.434. The lowest BCUT2D eigenvalue weighted by Gasteiger charge is -2.25. The van der Waals surface area contributed by atoms with Crippen molar-refractivity contribution in [3.8, 4) is 0 Å². The van der Waals surface area contributed by atoms with Crippen LogP contribution in [0.2, 0.25) is 0 Å². The zero-order valence-electron chi connectivity index (χ0n) is 10.7. The topological polar surface area (TPSA) is 21.3 Å². The Morgan fingerprint density at radius 2 is 2.12 bits per heavy atom. The van der Waals surface area contributed by atoms with Gasteiger partial charge in [-0.3, -0.25) is 0 Å². The molecule has 2 atom stereocenters. The van der Waals surface area contributed by atoms with Crippen molar-refractivity contribution in [2.24, 2.45) is 5.92 Å². The largest absolute Gasteiger partial charge is 0.385 e. The van der Waals surface area contributed by atoms with Gasteiger partial charge >= 0.3 is 0 Å². The molecule has 1 heterocycles. The van der Waals surface area contributed by atoms with E-state index in [0.29, 0.717) is 18.0 Å². The molecule has 0 radical (unpaired) electrons. The lowest BCUT2D eigenvalue weighted by Crippen LogP contribution is -2.36. The van der Waals surface area contributed by atoms with Crippen molar-refractivity contribution in [2.45, 2.75) is 39.3 Å². The van der Waals surface area contributed by atoms with Crippen LogP contribution in [0.5, 0.6) is 0 Å². The van der Waals surface area contributed by atoms with Gasteiger partial charge in [-0.25, -0.2) is 0 Å². The summed E-state index contributed by atoms with van der Waals surface area (Å²) in [6.45, 7) is 7.57. The van der Waals surface area contributed by atoms with Crippen molar-refractivity contribution in [2.75, 3.05) is 13.7 Å². The first kappa shape index (κ1) is 13.7. The van der Waals surface area contributed by atoms with Gasteiger partial charge in [0.05, 0.1) is 0 Å². The van der Waals surface area contributed by atoms with Crippen LogP contribution in [0, 0.1) is 5.92 Å².